The van der Waals surface area contributed by atoms with E-state index >= 15 is 0 Å². The largest absolute Gasteiger partial charge is 0.486 e. The van der Waals surface area contributed by atoms with E-state index in [1.54, 1.807) is 37.3 Å². The van der Waals surface area contributed by atoms with Gasteiger partial charge in [0.15, 0.2) is 5.75 Å². The molecule has 3 aromatic rings. The van der Waals surface area contributed by atoms with Crippen LogP contribution in [0.3, 0.4) is 0 Å². The molecule has 0 aliphatic carbocycles. The third kappa shape index (κ3) is 6.06. The monoisotopic (exact) mass is 515 g/mol. The molecule has 0 unspecified atom stereocenters. The molecule has 1 amide bonds. The number of amides is 1. The lowest BCUT2D eigenvalue weighted by molar-refractivity contribution is -0.384. The van der Waals surface area contributed by atoms with Crippen molar-refractivity contribution in [3.8, 4) is 11.8 Å². The molecule has 34 heavy (non-hydrogen) atoms. The molecule has 0 aromatic heterocycles. The fourth-order valence-corrected chi connectivity index (χ4v) is 3.77. The highest BCUT2D eigenvalue weighted by Gasteiger charge is 2.19. The number of carbonyl (C=O) groups is 1. The normalized spacial score (nSPS) is 11.0. The Morgan fingerprint density at radius 2 is 1.79 bits per heavy atom. The van der Waals surface area contributed by atoms with Crippen molar-refractivity contribution in [3.05, 3.63) is 102 Å². The minimum absolute atomic E-state index is 0.0267. The zero-order chi connectivity index (χ0) is 24.8. The number of aryl methyl sites for hydroxylation is 1. The summed E-state index contributed by atoms with van der Waals surface area (Å²) >= 11 is 18.8. The second kappa shape index (κ2) is 11.0. The van der Waals surface area contributed by atoms with Crippen LogP contribution in [-0.4, -0.2) is 10.8 Å². The number of nitriles is 1. The molecule has 0 heterocycles. The van der Waals surface area contributed by atoms with Crippen LogP contribution in [0.5, 0.6) is 5.75 Å². The summed E-state index contributed by atoms with van der Waals surface area (Å²) in [6.45, 7) is 1.82. The summed E-state index contributed by atoms with van der Waals surface area (Å²) in [6.07, 6.45) is 1.27. The van der Waals surface area contributed by atoms with Crippen LogP contribution in [0, 0.1) is 28.4 Å². The standard InChI is InChI=1S/C24H16Cl3N3O4/c1-14-6-7-21(22(8-14)30(32)33)29-24(31)17(12-28)9-15-10-19(26)23(20(27)11-15)34-13-16-4-2-3-5-18(16)25/h2-11H,13H2,1H3,(H,29,31)/b17-9+. The number of anilines is 1. The summed E-state index contributed by atoms with van der Waals surface area (Å²) in [4.78, 5) is 23.3. The molecule has 10 heteroatoms. The third-order valence-electron chi connectivity index (χ3n) is 4.62. The van der Waals surface area contributed by atoms with Gasteiger partial charge in [0.25, 0.3) is 11.6 Å². The summed E-state index contributed by atoms with van der Waals surface area (Å²) in [5, 5.41) is 24.0. The van der Waals surface area contributed by atoms with Gasteiger partial charge in [-0.2, -0.15) is 5.26 Å². The average molecular weight is 517 g/mol. The van der Waals surface area contributed by atoms with Gasteiger partial charge in [-0.05, 0) is 48.4 Å². The zero-order valence-corrected chi connectivity index (χ0v) is 19.9. The Hall–Kier alpha value is -3.57. The van der Waals surface area contributed by atoms with Gasteiger partial charge in [0.05, 0.1) is 15.0 Å². The van der Waals surface area contributed by atoms with E-state index in [0.717, 1.165) is 5.56 Å². The molecule has 0 atom stereocenters. The molecule has 0 bridgehead atoms. The number of halogens is 3. The van der Waals surface area contributed by atoms with Crippen molar-refractivity contribution in [1.29, 1.82) is 5.26 Å². The molecule has 3 aromatic carbocycles. The number of nitrogens with one attached hydrogen (secondary N) is 1. The minimum atomic E-state index is -0.819. The van der Waals surface area contributed by atoms with Gasteiger partial charge in [0, 0.05) is 16.7 Å². The van der Waals surface area contributed by atoms with Crippen molar-refractivity contribution in [1.82, 2.24) is 0 Å². The Morgan fingerprint density at radius 3 is 2.41 bits per heavy atom. The lowest BCUT2D eigenvalue weighted by Gasteiger charge is -2.12. The lowest BCUT2D eigenvalue weighted by Crippen LogP contribution is -2.14. The molecular formula is C24H16Cl3N3O4. The van der Waals surface area contributed by atoms with Gasteiger partial charge in [0.2, 0.25) is 0 Å². The highest BCUT2D eigenvalue weighted by molar-refractivity contribution is 6.37. The Balaban J connectivity index is 1.82. The maximum absolute atomic E-state index is 12.6. The number of hydrogen-bond acceptors (Lipinski definition) is 5. The van der Waals surface area contributed by atoms with Gasteiger partial charge in [-0.25, -0.2) is 0 Å². The number of carbonyl (C=O) groups excluding carboxylic acids is 1. The predicted octanol–water partition coefficient (Wildman–Crippen LogP) is 6.99. The van der Waals surface area contributed by atoms with E-state index in [2.05, 4.69) is 5.32 Å². The molecule has 0 saturated heterocycles. The SMILES string of the molecule is Cc1ccc(NC(=O)/C(C#N)=C/c2cc(Cl)c(OCc3ccccc3Cl)c(Cl)c2)c([N+](=O)[O-])c1. The van der Waals surface area contributed by atoms with Gasteiger partial charge in [-0.1, -0.05) is 59.1 Å². The van der Waals surface area contributed by atoms with E-state index in [0.29, 0.717) is 16.1 Å². The highest BCUT2D eigenvalue weighted by atomic mass is 35.5. The van der Waals surface area contributed by atoms with Gasteiger partial charge in [0.1, 0.15) is 23.9 Å². The molecule has 0 spiro atoms. The molecule has 0 saturated carbocycles. The molecule has 7 nitrogen and oxygen atoms in total. The maximum atomic E-state index is 12.6. The van der Waals surface area contributed by atoms with Crippen LogP contribution in [0.4, 0.5) is 11.4 Å². The third-order valence-corrected chi connectivity index (χ3v) is 5.55. The van der Waals surface area contributed by atoms with E-state index in [1.165, 1.54) is 30.3 Å². The van der Waals surface area contributed by atoms with Crippen LogP contribution < -0.4 is 10.1 Å². The smallest absolute Gasteiger partial charge is 0.293 e. The predicted molar refractivity (Wildman–Crippen MR) is 132 cm³/mol. The van der Waals surface area contributed by atoms with Crippen molar-refractivity contribution in [2.24, 2.45) is 0 Å². The second-order valence-corrected chi connectivity index (χ2v) is 8.32. The van der Waals surface area contributed by atoms with Crippen molar-refractivity contribution in [3.63, 3.8) is 0 Å². The molecule has 172 valence electrons. The number of rotatable bonds is 7. The first-order valence-electron chi connectivity index (χ1n) is 9.73. The topological polar surface area (TPSA) is 105 Å². The van der Waals surface area contributed by atoms with E-state index in [-0.39, 0.29) is 39.3 Å². The van der Waals surface area contributed by atoms with Crippen LogP contribution in [0.15, 0.2) is 60.2 Å². The first-order chi connectivity index (χ1) is 16.2. The van der Waals surface area contributed by atoms with Crippen molar-refractivity contribution < 1.29 is 14.5 Å². The Kier molecular flexibility index (Phi) is 8.13. The van der Waals surface area contributed by atoms with Crippen LogP contribution in [0.1, 0.15) is 16.7 Å². The van der Waals surface area contributed by atoms with Crippen molar-refractivity contribution in [2.75, 3.05) is 5.32 Å². The van der Waals surface area contributed by atoms with E-state index in [4.69, 9.17) is 39.5 Å². The molecular weight excluding hydrogens is 501 g/mol. The first kappa shape index (κ1) is 25.1. The molecule has 0 aliphatic rings. The number of benzene rings is 3. The number of nitro groups is 1. The molecule has 0 aliphatic heterocycles. The second-order valence-electron chi connectivity index (χ2n) is 7.10. The lowest BCUT2D eigenvalue weighted by atomic mass is 10.1. The number of ether oxygens (including phenoxy) is 1. The Bertz CT molecular complexity index is 1330. The van der Waals surface area contributed by atoms with Gasteiger partial charge in [-0.3, -0.25) is 14.9 Å². The number of hydrogen-bond donors (Lipinski definition) is 1. The first-order valence-corrected chi connectivity index (χ1v) is 10.9. The molecule has 0 fully saturated rings. The number of nitro benzene ring substituents is 1. The number of nitrogens with zero attached hydrogens (tertiary/aromatic N) is 2. The average Bonchev–Trinajstić information content (AvgIpc) is 2.79. The Labute approximate surface area is 210 Å². The summed E-state index contributed by atoms with van der Waals surface area (Å²) in [7, 11) is 0. The summed E-state index contributed by atoms with van der Waals surface area (Å²) in [6, 6.07) is 16.2. The summed E-state index contributed by atoms with van der Waals surface area (Å²) in [5.74, 6) is -0.598. The van der Waals surface area contributed by atoms with E-state index in [1.807, 2.05) is 6.07 Å². The van der Waals surface area contributed by atoms with Crippen molar-refractivity contribution >= 4 is 58.2 Å². The maximum Gasteiger partial charge on any atom is 0.293 e. The Morgan fingerprint density at radius 1 is 1.12 bits per heavy atom. The van der Waals surface area contributed by atoms with Gasteiger partial charge >= 0.3 is 0 Å². The molecule has 3 rings (SSSR count). The minimum Gasteiger partial charge on any atom is -0.486 e. The van der Waals surface area contributed by atoms with E-state index in [9.17, 15) is 20.2 Å². The van der Waals surface area contributed by atoms with Crippen LogP contribution >= 0.6 is 34.8 Å². The quantitative estimate of drug-likeness (QED) is 0.158. The van der Waals surface area contributed by atoms with Crippen LogP contribution in [-0.2, 0) is 11.4 Å². The highest BCUT2D eigenvalue weighted by Crippen LogP contribution is 2.36. The fraction of sp³-hybridized carbons (Fsp3) is 0.0833. The van der Waals surface area contributed by atoms with Crippen LogP contribution in [0.2, 0.25) is 15.1 Å². The fourth-order valence-electron chi connectivity index (χ4n) is 2.97. The van der Waals surface area contributed by atoms with Gasteiger partial charge < -0.3 is 10.1 Å². The van der Waals surface area contributed by atoms with Gasteiger partial charge in [-0.15, -0.1) is 0 Å². The van der Waals surface area contributed by atoms with Crippen LogP contribution in [0.25, 0.3) is 6.08 Å². The summed E-state index contributed by atoms with van der Waals surface area (Å²) in [5.41, 5.74) is 1.16. The van der Waals surface area contributed by atoms with Crippen molar-refractivity contribution in [2.45, 2.75) is 13.5 Å². The van der Waals surface area contributed by atoms with E-state index < -0.39 is 10.8 Å². The summed E-state index contributed by atoms with van der Waals surface area (Å²) < 4.78 is 5.72. The molecule has 1 N–H and O–H groups in total. The zero-order valence-electron chi connectivity index (χ0n) is 17.6. The molecule has 0 radical (unpaired) electrons.